The Bertz CT molecular complexity index is 1300. The minimum Gasteiger partial charge on any atom is -0.324 e. The molecule has 0 unspecified atom stereocenters. The van der Waals surface area contributed by atoms with Gasteiger partial charge in [0.25, 0.3) is 0 Å². The number of halogens is 4. The number of carbonyl (C=O) groups is 1. The summed E-state index contributed by atoms with van der Waals surface area (Å²) in [4.78, 5) is 17.0. The first kappa shape index (κ1) is 23.7. The first-order valence-corrected chi connectivity index (χ1v) is 11.3. The van der Waals surface area contributed by atoms with E-state index in [1.54, 1.807) is 0 Å². The van der Waals surface area contributed by atoms with Crippen LogP contribution < -0.4 is 5.32 Å². The maximum Gasteiger partial charge on any atom is 0.416 e. The van der Waals surface area contributed by atoms with Crippen molar-refractivity contribution in [2.75, 3.05) is 11.1 Å². The lowest BCUT2D eigenvalue weighted by Gasteiger charge is -2.12. The second-order valence-corrected chi connectivity index (χ2v) is 8.40. The molecule has 4 aromatic rings. The highest BCUT2D eigenvalue weighted by Gasteiger charge is 2.31. The molecule has 5 nitrogen and oxygen atoms in total. The minimum absolute atomic E-state index is 0.00263. The standard InChI is InChI=1S/C24H16ClF3N4OS/c25-18-12-11-17(24(26,27)28)13-19(18)29-20(33)14-34-23-30-21(15-7-3-1-4-8-15)22(31-32-23)16-9-5-2-6-10-16/h1-13H,14H2,(H,29,33). The molecular weight excluding hydrogens is 485 g/mol. The maximum atomic E-state index is 13.0. The number of anilines is 1. The highest BCUT2D eigenvalue weighted by molar-refractivity contribution is 7.99. The fourth-order valence-corrected chi connectivity index (χ4v) is 3.83. The van der Waals surface area contributed by atoms with Crippen LogP contribution in [-0.2, 0) is 11.0 Å². The number of hydrogen-bond donors (Lipinski definition) is 1. The van der Waals surface area contributed by atoms with Gasteiger partial charge in [0, 0.05) is 11.1 Å². The Balaban J connectivity index is 1.53. The fourth-order valence-electron chi connectivity index (χ4n) is 3.07. The lowest BCUT2D eigenvalue weighted by atomic mass is 10.0. The lowest BCUT2D eigenvalue weighted by molar-refractivity contribution is -0.137. The molecule has 0 saturated carbocycles. The van der Waals surface area contributed by atoms with Gasteiger partial charge in [-0.2, -0.15) is 13.2 Å². The Labute approximate surface area is 202 Å². The van der Waals surface area contributed by atoms with Crippen molar-refractivity contribution in [3.8, 4) is 22.5 Å². The zero-order valence-electron chi connectivity index (χ0n) is 17.4. The highest BCUT2D eigenvalue weighted by Crippen LogP contribution is 2.34. The van der Waals surface area contributed by atoms with Gasteiger partial charge in [-0.25, -0.2) is 4.98 Å². The van der Waals surface area contributed by atoms with Gasteiger partial charge in [-0.15, -0.1) is 10.2 Å². The zero-order chi connectivity index (χ0) is 24.1. The van der Waals surface area contributed by atoms with Crippen LogP contribution >= 0.6 is 23.4 Å². The number of thioether (sulfide) groups is 1. The average Bonchev–Trinajstić information content (AvgIpc) is 2.84. The van der Waals surface area contributed by atoms with Gasteiger partial charge in [-0.3, -0.25) is 4.79 Å². The number of amides is 1. The van der Waals surface area contributed by atoms with Crippen molar-refractivity contribution in [3.05, 3.63) is 89.4 Å². The van der Waals surface area contributed by atoms with Gasteiger partial charge in [-0.05, 0) is 18.2 Å². The Morgan fingerprint density at radius 3 is 2.12 bits per heavy atom. The van der Waals surface area contributed by atoms with Crippen molar-refractivity contribution in [2.24, 2.45) is 0 Å². The van der Waals surface area contributed by atoms with Gasteiger partial charge in [0.15, 0.2) is 0 Å². The Hall–Kier alpha value is -3.43. The van der Waals surface area contributed by atoms with E-state index in [-0.39, 0.29) is 21.6 Å². The van der Waals surface area contributed by atoms with Gasteiger partial charge in [0.05, 0.1) is 22.0 Å². The molecule has 0 saturated heterocycles. The minimum atomic E-state index is -4.55. The Kier molecular flexibility index (Phi) is 7.14. The molecule has 1 heterocycles. The number of nitrogens with zero attached hydrogens (tertiary/aromatic N) is 3. The van der Waals surface area contributed by atoms with Crippen LogP contribution in [0.1, 0.15) is 5.56 Å². The molecule has 1 amide bonds. The fraction of sp³-hybridized carbons (Fsp3) is 0.0833. The number of carbonyl (C=O) groups excluding carboxylic acids is 1. The molecular formula is C24H16ClF3N4OS. The van der Waals surface area contributed by atoms with Crippen LogP contribution in [0, 0.1) is 0 Å². The second kappa shape index (κ2) is 10.2. The molecule has 0 spiro atoms. The van der Waals surface area contributed by atoms with Crippen molar-refractivity contribution in [1.82, 2.24) is 15.2 Å². The maximum absolute atomic E-state index is 13.0. The monoisotopic (exact) mass is 500 g/mol. The molecule has 0 aliphatic heterocycles. The van der Waals surface area contributed by atoms with Gasteiger partial charge in [0.2, 0.25) is 11.1 Å². The molecule has 10 heteroatoms. The molecule has 172 valence electrons. The average molecular weight is 501 g/mol. The molecule has 0 bridgehead atoms. The van der Waals surface area contributed by atoms with Crippen LogP contribution in [0.2, 0.25) is 5.02 Å². The molecule has 1 N–H and O–H groups in total. The van der Waals surface area contributed by atoms with E-state index in [0.717, 1.165) is 41.1 Å². The summed E-state index contributed by atoms with van der Waals surface area (Å²) in [5, 5.41) is 11.1. The normalized spacial score (nSPS) is 11.3. The summed E-state index contributed by atoms with van der Waals surface area (Å²) in [6, 6.07) is 21.7. The topological polar surface area (TPSA) is 67.8 Å². The van der Waals surface area contributed by atoms with E-state index >= 15 is 0 Å². The van der Waals surface area contributed by atoms with Crippen molar-refractivity contribution in [3.63, 3.8) is 0 Å². The molecule has 34 heavy (non-hydrogen) atoms. The van der Waals surface area contributed by atoms with Crippen LogP contribution in [-0.4, -0.2) is 26.8 Å². The highest BCUT2D eigenvalue weighted by atomic mass is 35.5. The largest absolute Gasteiger partial charge is 0.416 e. The second-order valence-electron chi connectivity index (χ2n) is 7.05. The number of rotatable bonds is 6. The predicted molar refractivity (Wildman–Crippen MR) is 127 cm³/mol. The zero-order valence-corrected chi connectivity index (χ0v) is 19.0. The summed E-state index contributed by atoms with van der Waals surface area (Å²) >= 11 is 6.96. The number of alkyl halides is 3. The van der Waals surface area contributed by atoms with Gasteiger partial charge < -0.3 is 5.32 Å². The third-order valence-electron chi connectivity index (χ3n) is 4.66. The predicted octanol–water partition coefficient (Wildman–Crippen LogP) is 6.61. The van der Waals surface area contributed by atoms with E-state index in [0.29, 0.717) is 11.4 Å². The van der Waals surface area contributed by atoms with E-state index in [4.69, 9.17) is 11.6 Å². The number of benzene rings is 3. The first-order valence-electron chi connectivity index (χ1n) is 9.96. The molecule has 0 radical (unpaired) electrons. The summed E-state index contributed by atoms with van der Waals surface area (Å²) in [7, 11) is 0. The number of aromatic nitrogens is 3. The summed E-state index contributed by atoms with van der Waals surface area (Å²) in [5.74, 6) is -0.698. The van der Waals surface area contributed by atoms with E-state index in [9.17, 15) is 18.0 Å². The summed E-state index contributed by atoms with van der Waals surface area (Å²) in [5.41, 5.74) is 1.84. The van der Waals surface area contributed by atoms with E-state index < -0.39 is 17.6 Å². The smallest absolute Gasteiger partial charge is 0.324 e. The first-order chi connectivity index (χ1) is 16.3. The molecule has 0 atom stereocenters. The third-order valence-corrected chi connectivity index (χ3v) is 5.83. The van der Waals surface area contributed by atoms with Crippen molar-refractivity contribution < 1.29 is 18.0 Å². The van der Waals surface area contributed by atoms with Crippen molar-refractivity contribution in [1.29, 1.82) is 0 Å². The molecule has 0 aliphatic rings. The SMILES string of the molecule is O=C(CSc1nnc(-c2ccccc2)c(-c2ccccc2)n1)Nc1cc(C(F)(F)F)ccc1Cl. The van der Waals surface area contributed by atoms with E-state index in [1.165, 1.54) is 0 Å². The summed E-state index contributed by atoms with van der Waals surface area (Å²) in [6.45, 7) is 0. The lowest BCUT2D eigenvalue weighted by Crippen LogP contribution is -2.16. The van der Waals surface area contributed by atoms with Crippen LogP contribution in [0.3, 0.4) is 0 Å². The summed E-state index contributed by atoms with van der Waals surface area (Å²) in [6.07, 6.45) is -4.55. The molecule has 1 aromatic heterocycles. The van der Waals surface area contributed by atoms with E-state index in [2.05, 4.69) is 20.5 Å². The summed E-state index contributed by atoms with van der Waals surface area (Å²) < 4.78 is 38.9. The number of nitrogens with one attached hydrogen (secondary N) is 1. The van der Waals surface area contributed by atoms with Crippen molar-refractivity contribution >= 4 is 35.0 Å². The van der Waals surface area contributed by atoms with Gasteiger partial charge >= 0.3 is 6.18 Å². The Morgan fingerprint density at radius 1 is 0.882 bits per heavy atom. The quantitative estimate of drug-likeness (QED) is 0.302. The molecule has 0 fully saturated rings. The van der Waals surface area contributed by atoms with Crippen LogP contribution in [0.15, 0.2) is 84.0 Å². The van der Waals surface area contributed by atoms with Crippen molar-refractivity contribution in [2.45, 2.75) is 11.3 Å². The molecule has 0 aliphatic carbocycles. The number of hydrogen-bond acceptors (Lipinski definition) is 5. The van der Waals surface area contributed by atoms with Gasteiger partial charge in [-0.1, -0.05) is 84.0 Å². The molecule has 3 aromatic carbocycles. The van der Waals surface area contributed by atoms with Crippen LogP contribution in [0.4, 0.5) is 18.9 Å². The molecule has 4 rings (SSSR count). The van der Waals surface area contributed by atoms with Gasteiger partial charge in [0.1, 0.15) is 11.4 Å². The third kappa shape index (κ3) is 5.73. The van der Waals surface area contributed by atoms with Crippen LogP contribution in [0.5, 0.6) is 0 Å². The van der Waals surface area contributed by atoms with E-state index in [1.807, 2.05) is 60.7 Å². The Morgan fingerprint density at radius 2 is 1.50 bits per heavy atom. The van der Waals surface area contributed by atoms with Crippen LogP contribution in [0.25, 0.3) is 22.5 Å².